The van der Waals surface area contributed by atoms with Crippen LogP contribution in [0.4, 0.5) is 0 Å². The first-order chi connectivity index (χ1) is 7.04. The van der Waals surface area contributed by atoms with Crippen molar-refractivity contribution in [3.05, 3.63) is 27.3 Å². The van der Waals surface area contributed by atoms with Crippen molar-refractivity contribution < 1.29 is 14.6 Å². The average molecular weight is 319 g/mol. The molecule has 0 aliphatic rings. The monoisotopic (exact) mass is 319 g/mol. The van der Waals surface area contributed by atoms with E-state index in [2.05, 4.69) is 22.6 Å². The lowest BCUT2D eigenvalue weighted by molar-refractivity contribution is -0.113. The van der Waals surface area contributed by atoms with Crippen LogP contribution in [0.3, 0.4) is 0 Å². The fraction of sp³-hybridized carbons (Fsp3) is 0.100. The molecular formula is C10H10INO3. The summed E-state index contributed by atoms with van der Waals surface area (Å²) in [6, 6.07) is 3.41. The molecule has 0 fully saturated rings. The van der Waals surface area contributed by atoms with Gasteiger partial charge in [0.15, 0.2) is 11.5 Å². The second-order valence-corrected chi connectivity index (χ2v) is 4.03. The zero-order chi connectivity index (χ0) is 11.4. The van der Waals surface area contributed by atoms with Crippen molar-refractivity contribution in [2.24, 2.45) is 5.73 Å². The number of ether oxygens (including phenoxy) is 1. The van der Waals surface area contributed by atoms with Crippen LogP contribution < -0.4 is 10.5 Å². The van der Waals surface area contributed by atoms with Crippen LogP contribution in [0.25, 0.3) is 6.08 Å². The Balaban J connectivity index is 3.17. The molecule has 0 heterocycles. The number of rotatable bonds is 3. The summed E-state index contributed by atoms with van der Waals surface area (Å²) in [4.78, 5) is 10.5. The highest BCUT2D eigenvalue weighted by Gasteiger charge is 2.07. The van der Waals surface area contributed by atoms with Crippen molar-refractivity contribution in [2.75, 3.05) is 7.11 Å². The van der Waals surface area contributed by atoms with E-state index in [1.165, 1.54) is 19.3 Å². The lowest BCUT2D eigenvalue weighted by Gasteiger charge is -2.06. The smallest absolute Gasteiger partial charge is 0.241 e. The van der Waals surface area contributed by atoms with E-state index in [-0.39, 0.29) is 5.75 Å². The Labute approximate surface area is 101 Å². The lowest BCUT2D eigenvalue weighted by Crippen LogP contribution is -2.05. The van der Waals surface area contributed by atoms with Gasteiger partial charge in [-0.1, -0.05) is 0 Å². The zero-order valence-corrected chi connectivity index (χ0v) is 10.2. The van der Waals surface area contributed by atoms with Gasteiger partial charge in [0, 0.05) is 15.2 Å². The first-order valence-corrected chi connectivity index (χ1v) is 5.16. The minimum absolute atomic E-state index is 0.00424. The van der Waals surface area contributed by atoms with E-state index < -0.39 is 5.91 Å². The minimum Gasteiger partial charge on any atom is -0.504 e. The van der Waals surface area contributed by atoms with E-state index in [1.807, 2.05) is 0 Å². The van der Waals surface area contributed by atoms with Crippen LogP contribution >= 0.6 is 22.6 Å². The molecular weight excluding hydrogens is 309 g/mol. The number of carbonyl (C=O) groups is 1. The van der Waals surface area contributed by atoms with Gasteiger partial charge >= 0.3 is 0 Å². The molecule has 80 valence electrons. The number of nitrogens with two attached hydrogens (primary N) is 1. The molecule has 4 nitrogen and oxygen atoms in total. The van der Waals surface area contributed by atoms with Gasteiger partial charge in [0.1, 0.15) is 0 Å². The Morgan fingerprint density at radius 3 is 2.80 bits per heavy atom. The van der Waals surface area contributed by atoms with Crippen molar-refractivity contribution in [3.63, 3.8) is 0 Å². The van der Waals surface area contributed by atoms with Gasteiger partial charge in [-0.15, -0.1) is 0 Å². The molecule has 0 saturated carbocycles. The number of phenols is 1. The van der Waals surface area contributed by atoms with Crippen LogP contribution in [0.1, 0.15) is 5.56 Å². The molecule has 1 aromatic rings. The molecule has 0 saturated heterocycles. The molecule has 3 N–H and O–H groups in total. The highest BCUT2D eigenvalue weighted by Crippen LogP contribution is 2.32. The topological polar surface area (TPSA) is 72.5 Å². The minimum atomic E-state index is -0.563. The van der Waals surface area contributed by atoms with Crippen molar-refractivity contribution >= 4 is 34.6 Å². The standard InChI is InChI=1S/C10H10INO3/c1-15-8-5-7(11)4-6(10(8)14)2-3-9(12)13/h2-5,14H,1H3,(H2,12,13)/b3-2-. The second-order valence-electron chi connectivity index (χ2n) is 2.78. The fourth-order valence-corrected chi connectivity index (χ4v) is 1.67. The summed E-state index contributed by atoms with van der Waals surface area (Å²) in [7, 11) is 1.46. The highest BCUT2D eigenvalue weighted by atomic mass is 127. The number of halogens is 1. The predicted octanol–water partition coefficient (Wildman–Crippen LogP) is 1.50. The Bertz CT molecular complexity index is 415. The molecule has 0 bridgehead atoms. The third kappa shape index (κ3) is 3.12. The van der Waals surface area contributed by atoms with E-state index in [0.717, 1.165) is 3.57 Å². The Hall–Kier alpha value is -1.24. The van der Waals surface area contributed by atoms with E-state index in [0.29, 0.717) is 11.3 Å². The number of hydrogen-bond acceptors (Lipinski definition) is 3. The molecule has 0 atom stereocenters. The molecule has 0 radical (unpaired) electrons. The predicted molar refractivity (Wildman–Crippen MR) is 65.6 cm³/mol. The number of amides is 1. The maximum absolute atomic E-state index is 10.5. The number of phenolic OH excluding ortho intramolecular Hbond substituents is 1. The van der Waals surface area contributed by atoms with Crippen LogP contribution in [0.15, 0.2) is 18.2 Å². The van der Waals surface area contributed by atoms with Gasteiger partial charge in [0.05, 0.1) is 7.11 Å². The van der Waals surface area contributed by atoms with Gasteiger partial charge in [-0.2, -0.15) is 0 Å². The fourth-order valence-electron chi connectivity index (χ4n) is 1.05. The quantitative estimate of drug-likeness (QED) is 0.655. The molecule has 1 amide bonds. The maximum Gasteiger partial charge on any atom is 0.241 e. The molecule has 15 heavy (non-hydrogen) atoms. The molecule has 0 aromatic heterocycles. The summed E-state index contributed by atoms with van der Waals surface area (Å²) in [6.45, 7) is 0. The normalized spacial score (nSPS) is 10.5. The van der Waals surface area contributed by atoms with Crippen molar-refractivity contribution in [1.82, 2.24) is 0 Å². The van der Waals surface area contributed by atoms with Crippen LogP contribution in [-0.2, 0) is 4.79 Å². The Morgan fingerprint density at radius 1 is 1.60 bits per heavy atom. The first kappa shape index (κ1) is 11.8. The molecule has 0 aliphatic carbocycles. The summed E-state index contributed by atoms with van der Waals surface area (Å²) in [5.74, 6) is -0.200. The van der Waals surface area contributed by atoms with Gasteiger partial charge in [0.25, 0.3) is 0 Å². The maximum atomic E-state index is 10.5. The lowest BCUT2D eigenvalue weighted by atomic mass is 10.1. The van der Waals surface area contributed by atoms with Gasteiger partial charge in [-0.3, -0.25) is 4.79 Å². The number of benzene rings is 1. The largest absolute Gasteiger partial charge is 0.504 e. The molecule has 0 unspecified atom stereocenters. The molecule has 1 aromatic carbocycles. The number of primary amides is 1. The third-order valence-corrected chi connectivity index (χ3v) is 2.34. The average Bonchev–Trinajstić information content (AvgIpc) is 2.18. The van der Waals surface area contributed by atoms with Crippen molar-refractivity contribution in [1.29, 1.82) is 0 Å². The van der Waals surface area contributed by atoms with Crippen LogP contribution in [0.2, 0.25) is 0 Å². The van der Waals surface area contributed by atoms with Crippen molar-refractivity contribution in [3.8, 4) is 11.5 Å². The van der Waals surface area contributed by atoms with Gasteiger partial charge in [-0.05, 0) is 40.8 Å². The molecule has 1 rings (SSSR count). The third-order valence-electron chi connectivity index (χ3n) is 1.72. The van der Waals surface area contributed by atoms with E-state index in [4.69, 9.17) is 10.5 Å². The summed E-state index contributed by atoms with van der Waals surface area (Å²) in [5.41, 5.74) is 5.46. The van der Waals surface area contributed by atoms with Crippen LogP contribution in [-0.4, -0.2) is 18.1 Å². The van der Waals surface area contributed by atoms with Gasteiger partial charge < -0.3 is 15.6 Å². The van der Waals surface area contributed by atoms with E-state index in [9.17, 15) is 9.90 Å². The van der Waals surface area contributed by atoms with Crippen molar-refractivity contribution in [2.45, 2.75) is 0 Å². The molecule has 5 heteroatoms. The van der Waals surface area contributed by atoms with E-state index >= 15 is 0 Å². The highest BCUT2D eigenvalue weighted by molar-refractivity contribution is 14.1. The van der Waals surface area contributed by atoms with Crippen LogP contribution in [0.5, 0.6) is 11.5 Å². The van der Waals surface area contributed by atoms with E-state index in [1.54, 1.807) is 12.1 Å². The van der Waals surface area contributed by atoms with Gasteiger partial charge in [-0.25, -0.2) is 0 Å². The summed E-state index contributed by atoms with van der Waals surface area (Å²) in [5, 5.41) is 9.69. The summed E-state index contributed by atoms with van der Waals surface area (Å²) < 4.78 is 5.86. The number of hydrogen-bond donors (Lipinski definition) is 2. The SMILES string of the molecule is COc1cc(I)cc(/C=C\C(N)=O)c1O. The number of aromatic hydroxyl groups is 1. The summed E-state index contributed by atoms with van der Waals surface area (Å²) in [6.07, 6.45) is 2.63. The first-order valence-electron chi connectivity index (χ1n) is 4.08. The molecule has 0 spiro atoms. The Kier molecular flexibility index (Phi) is 3.96. The van der Waals surface area contributed by atoms with Gasteiger partial charge in [0.2, 0.25) is 5.91 Å². The number of carbonyl (C=O) groups excluding carboxylic acids is 1. The molecule has 0 aliphatic heterocycles. The Morgan fingerprint density at radius 2 is 2.27 bits per heavy atom. The zero-order valence-electron chi connectivity index (χ0n) is 8.03. The second kappa shape index (κ2) is 5.01. The van der Waals surface area contributed by atoms with Crippen LogP contribution in [0, 0.1) is 3.57 Å². The number of methoxy groups -OCH3 is 1. The summed E-state index contributed by atoms with van der Waals surface area (Å²) >= 11 is 2.09.